The van der Waals surface area contributed by atoms with Gasteiger partial charge in [-0.25, -0.2) is 0 Å². The Balaban J connectivity index is 1.85. The van der Waals surface area contributed by atoms with Crippen molar-refractivity contribution in [1.82, 2.24) is 5.32 Å². The molecular formula is C14H19NO3. The predicted octanol–water partition coefficient (Wildman–Crippen LogP) is 1.05. The zero-order valence-electron chi connectivity index (χ0n) is 10.6. The van der Waals surface area contributed by atoms with Gasteiger partial charge in [-0.15, -0.1) is 0 Å². The molecule has 4 heteroatoms. The molecule has 2 rings (SSSR count). The van der Waals surface area contributed by atoms with Crippen LogP contribution in [0.4, 0.5) is 0 Å². The summed E-state index contributed by atoms with van der Waals surface area (Å²) in [5.41, 5.74) is 2.72. The molecule has 98 valence electrons. The van der Waals surface area contributed by atoms with Crippen molar-refractivity contribution in [3.8, 4) is 5.75 Å². The number of carbonyl (C=O) groups is 1. The quantitative estimate of drug-likeness (QED) is 0.820. The van der Waals surface area contributed by atoms with Crippen LogP contribution in [0.3, 0.4) is 0 Å². The third-order valence-electron chi connectivity index (χ3n) is 3.12. The van der Waals surface area contributed by atoms with E-state index in [0.29, 0.717) is 0 Å². The van der Waals surface area contributed by atoms with Gasteiger partial charge in [0.25, 0.3) is 5.91 Å². The van der Waals surface area contributed by atoms with Crippen molar-refractivity contribution in [2.24, 2.45) is 0 Å². The Morgan fingerprint density at radius 1 is 1.44 bits per heavy atom. The Hall–Kier alpha value is -1.55. The van der Waals surface area contributed by atoms with Gasteiger partial charge in [-0.05, 0) is 49.4 Å². The van der Waals surface area contributed by atoms with E-state index in [1.165, 1.54) is 17.5 Å². The lowest BCUT2D eigenvalue weighted by atomic mass is 10.1. The van der Waals surface area contributed by atoms with Crippen LogP contribution in [0, 0.1) is 0 Å². The lowest BCUT2D eigenvalue weighted by Crippen LogP contribution is -2.38. The maximum atomic E-state index is 11.5. The van der Waals surface area contributed by atoms with Gasteiger partial charge in [0.1, 0.15) is 5.75 Å². The normalized spacial score (nSPS) is 15.0. The first-order valence-corrected chi connectivity index (χ1v) is 6.34. The molecule has 1 aliphatic rings. The van der Waals surface area contributed by atoms with Crippen LogP contribution in [0.25, 0.3) is 0 Å². The highest BCUT2D eigenvalue weighted by molar-refractivity contribution is 5.77. The summed E-state index contributed by atoms with van der Waals surface area (Å²) in [6.45, 7) is 1.67. The first-order valence-electron chi connectivity index (χ1n) is 6.34. The number of hydrogen-bond acceptors (Lipinski definition) is 3. The molecule has 1 aromatic carbocycles. The molecule has 1 atom stereocenters. The van der Waals surface area contributed by atoms with Crippen molar-refractivity contribution < 1.29 is 14.6 Å². The minimum atomic E-state index is -0.235. The highest BCUT2D eigenvalue weighted by atomic mass is 16.5. The Morgan fingerprint density at radius 2 is 2.22 bits per heavy atom. The Kier molecular flexibility index (Phi) is 4.20. The van der Waals surface area contributed by atoms with Crippen LogP contribution >= 0.6 is 0 Å². The number of aryl methyl sites for hydroxylation is 2. The van der Waals surface area contributed by atoms with Crippen LogP contribution in [0.1, 0.15) is 24.5 Å². The Bertz CT molecular complexity index is 431. The fourth-order valence-corrected chi connectivity index (χ4v) is 2.15. The van der Waals surface area contributed by atoms with Crippen LogP contribution < -0.4 is 10.1 Å². The SMILES string of the molecule is CC(CO)NC(=O)COc1ccc2c(c1)CCC2. The van der Waals surface area contributed by atoms with Crippen LogP contribution in [0.15, 0.2) is 18.2 Å². The molecule has 0 bridgehead atoms. The van der Waals surface area contributed by atoms with Crippen molar-refractivity contribution in [3.05, 3.63) is 29.3 Å². The van der Waals surface area contributed by atoms with E-state index in [2.05, 4.69) is 11.4 Å². The van der Waals surface area contributed by atoms with Crippen LogP contribution in [0.2, 0.25) is 0 Å². The number of fused-ring (bicyclic) bond motifs is 1. The maximum Gasteiger partial charge on any atom is 0.258 e. The molecule has 1 aliphatic carbocycles. The Labute approximate surface area is 107 Å². The van der Waals surface area contributed by atoms with E-state index in [1.54, 1.807) is 6.92 Å². The molecule has 0 radical (unpaired) electrons. The number of hydrogen-bond donors (Lipinski definition) is 2. The molecule has 0 aliphatic heterocycles. The molecule has 2 N–H and O–H groups in total. The first kappa shape index (κ1) is 12.9. The van der Waals surface area contributed by atoms with E-state index in [1.807, 2.05) is 12.1 Å². The predicted molar refractivity (Wildman–Crippen MR) is 68.7 cm³/mol. The van der Waals surface area contributed by atoms with Gasteiger partial charge in [0.05, 0.1) is 6.61 Å². The molecule has 18 heavy (non-hydrogen) atoms. The number of benzene rings is 1. The van der Waals surface area contributed by atoms with Crippen molar-refractivity contribution in [2.75, 3.05) is 13.2 Å². The van der Waals surface area contributed by atoms with E-state index >= 15 is 0 Å². The monoisotopic (exact) mass is 249 g/mol. The molecule has 1 unspecified atom stereocenters. The summed E-state index contributed by atoms with van der Waals surface area (Å²) in [6.07, 6.45) is 3.44. The number of aliphatic hydroxyl groups excluding tert-OH is 1. The summed E-state index contributed by atoms with van der Waals surface area (Å²) in [6, 6.07) is 5.77. The average molecular weight is 249 g/mol. The summed E-state index contributed by atoms with van der Waals surface area (Å²) < 4.78 is 5.44. The number of nitrogens with one attached hydrogen (secondary N) is 1. The molecule has 1 aromatic rings. The first-order chi connectivity index (χ1) is 8.69. The zero-order chi connectivity index (χ0) is 13.0. The fourth-order valence-electron chi connectivity index (χ4n) is 2.15. The molecule has 0 heterocycles. The minimum Gasteiger partial charge on any atom is -0.484 e. The second kappa shape index (κ2) is 5.87. The summed E-state index contributed by atoms with van der Waals surface area (Å²) in [7, 11) is 0. The van der Waals surface area contributed by atoms with Gasteiger partial charge in [0.15, 0.2) is 6.61 Å². The maximum absolute atomic E-state index is 11.5. The highest BCUT2D eigenvalue weighted by Gasteiger charge is 2.12. The highest BCUT2D eigenvalue weighted by Crippen LogP contribution is 2.25. The van der Waals surface area contributed by atoms with Gasteiger partial charge < -0.3 is 15.2 Å². The van der Waals surface area contributed by atoms with Crippen LogP contribution in [-0.4, -0.2) is 30.3 Å². The molecule has 0 saturated heterocycles. The van der Waals surface area contributed by atoms with E-state index in [9.17, 15) is 4.79 Å². The molecule has 0 fully saturated rings. The van der Waals surface area contributed by atoms with Crippen molar-refractivity contribution in [3.63, 3.8) is 0 Å². The number of amides is 1. The fraction of sp³-hybridized carbons (Fsp3) is 0.500. The second-order valence-corrected chi connectivity index (χ2v) is 4.72. The summed E-state index contributed by atoms with van der Waals surface area (Å²) in [5, 5.41) is 11.5. The Morgan fingerprint density at radius 3 is 3.00 bits per heavy atom. The summed E-state index contributed by atoms with van der Waals surface area (Å²) in [5.74, 6) is 0.527. The average Bonchev–Trinajstić information content (AvgIpc) is 2.83. The number of ether oxygens (including phenoxy) is 1. The van der Waals surface area contributed by atoms with Crippen LogP contribution in [0.5, 0.6) is 5.75 Å². The van der Waals surface area contributed by atoms with Crippen molar-refractivity contribution >= 4 is 5.91 Å². The molecule has 4 nitrogen and oxygen atoms in total. The molecule has 0 spiro atoms. The lowest BCUT2D eigenvalue weighted by molar-refractivity contribution is -0.123. The van der Waals surface area contributed by atoms with Crippen molar-refractivity contribution in [1.29, 1.82) is 0 Å². The minimum absolute atomic E-state index is 0.0108. The lowest BCUT2D eigenvalue weighted by Gasteiger charge is -2.12. The van der Waals surface area contributed by atoms with Crippen molar-refractivity contribution in [2.45, 2.75) is 32.2 Å². The third-order valence-corrected chi connectivity index (χ3v) is 3.12. The number of rotatable bonds is 5. The van der Waals surface area contributed by atoms with E-state index in [0.717, 1.165) is 18.6 Å². The van der Waals surface area contributed by atoms with Gasteiger partial charge in [-0.3, -0.25) is 4.79 Å². The van der Waals surface area contributed by atoms with Gasteiger partial charge in [0.2, 0.25) is 0 Å². The smallest absolute Gasteiger partial charge is 0.258 e. The molecule has 0 aromatic heterocycles. The zero-order valence-corrected chi connectivity index (χ0v) is 10.6. The van der Waals surface area contributed by atoms with E-state index in [-0.39, 0.29) is 25.2 Å². The van der Waals surface area contributed by atoms with Gasteiger partial charge in [-0.2, -0.15) is 0 Å². The van der Waals surface area contributed by atoms with E-state index < -0.39 is 0 Å². The van der Waals surface area contributed by atoms with Gasteiger partial charge in [-0.1, -0.05) is 6.07 Å². The molecule has 1 amide bonds. The number of aliphatic hydroxyl groups is 1. The topological polar surface area (TPSA) is 58.6 Å². The molecular weight excluding hydrogens is 230 g/mol. The third kappa shape index (κ3) is 3.23. The largest absolute Gasteiger partial charge is 0.484 e. The summed E-state index contributed by atoms with van der Waals surface area (Å²) >= 11 is 0. The second-order valence-electron chi connectivity index (χ2n) is 4.72. The molecule has 0 saturated carbocycles. The standard InChI is InChI=1S/C14H19NO3/c1-10(8-16)15-14(17)9-18-13-6-5-11-3-2-4-12(11)7-13/h5-7,10,16H,2-4,8-9H2,1H3,(H,15,17). The summed E-state index contributed by atoms with van der Waals surface area (Å²) in [4.78, 5) is 11.5. The van der Waals surface area contributed by atoms with E-state index in [4.69, 9.17) is 9.84 Å². The van der Waals surface area contributed by atoms with Crippen LogP contribution in [-0.2, 0) is 17.6 Å². The van der Waals surface area contributed by atoms with Gasteiger partial charge in [0, 0.05) is 6.04 Å². The van der Waals surface area contributed by atoms with Gasteiger partial charge >= 0.3 is 0 Å². The number of carbonyl (C=O) groups excluding carboxylic acids is 1.